The predicted octanol–water partition coefficient (Wildman–Crippen LogP) is 3.15. The van der Waals surface area contributed by atoms with Crippen LogP contribution in [-0.4, -0.2) is 32.9 Å². The highest BCUT2D eigenvalue weighted by atomic mass is 32.2. The van der Waals surface area contributed by atoms with Gasteiger partial charge in [-0.2, -0.15) is 5.10 Å². The molecule has 0 spiro atoms. The number of hydrogen-bond donors (Lipinski definition) is 2. The summed E-state index contributed by atoms with van der Waals surface area (Å²) in [6, 6.07) is 11.8. The smallest absolute Gasteiger partial charge is 0.311 e. The number of aromatic hydroxyl groups is 1. The van der Waals surface area contributed by atoms with Gasteiger partial charge in [-0.05, 0) is 18.2 Å². The highest BCUT2D eigenvalue weighted by molar-refractivity contribution is 8.01. The molecule has 0 atom stereocenters. The fraction of sp³-hybridized carbons (Fsp3) is 0.0625. The summed E-state index contributed by atoms with van der Waals surface area (Å²) in [6.45, 7) is 0. The van der Waals surface area contributed by atoms with Crippen LogP contribution in [0.3, 0.4) is 0 Å². The number of amides is 1. The topological polar surface area (TPSA) is 118 Å². The van der Waals surface area contributed by atoms with Crippen LogP contribution in [0.2, 0.25) is 0 Å². The molecule has 0 radical (unpaired) electrons. The van der Waals surface area contributed by atoms with Crippen molar-refractivity contribution in [3.63, 3.8) is 0 Å². The van der Waals surface area contributed by atoms with Gasteiger partial charge in [-0.15, -0.1) is 11.3 Å². The van der Waals surface area contributed by atoms with Crippen LogP contribution in [0.5, 0.6) is 5.75 Å². The quantitative estimate of drug-likeness (QED) is 0.290. The molecule has 0 aliphatic heterocycles. The van der Waals surface area contributed by atoms with E-state index < -0.39 is 16.4 Å². The zero-order valence-electron chi connectivity index (χ0n) is 13.2. The van der Waals surface area contributed by atoms with E-state index in [0.717, 1.165) is 20.8 Å². The molecule has 0 aliphatic rings. The van der Waals surface area contributed by atoms with Crippen LogP contribution in [-0.2, 0) is 4.79 Å². The Morgan fingerprint density at radius 1 is 1.35 bits per heavy atom. The first-order chi connectivity index (χ1) is 12.5. The molecule has 1 amide bonds. The maximum Gasteiger partial charge on any atom is 0.311 e. The molecule has 1 heterocycles. The number of nitrogens with zero attached hydrogens (tertiary/aromatic N) is 3. The largest absolute Gasteiger partial charge is 0.502 e. The van der Waals surface area contributed by atoms with Gasteiger partial charge in [0, 0.05) is 11.6 Å². The maximum atomic E-state index is 11.8. The third-order valence-corrected chi connectivity index (χ3v) is 5.42. The molecule has 0 saturated carbocycles. The molecule has 132 valence electrons. The van der Waals surface area contributed by atoms with Crippen molar-refractivity contribution in [2.45, 2.75) is 4.34 Å². The second-order valence-corrected chi connectivity index (χ2v) is 7.25. The number of rotatable bonds is 6. The van der Waals surface area contributed by atoms with Crippen LogP contribution in [0.15, 0.2) is 51.9 Å². The van der Waals surface area contributed by atoms with E-state index in [1.54, 1.807) is 0 Å². The number of hydrogen-bond acceptors (Lipinski definition) is 8. The number of nitro benzene ring substituents is 1. The zero-order valence-corrected chi connectivity index (χ0v) is 14.8. The van der Waals surface area contributed by atoms with Crippen molar-refractivity contribution in [3.8, 4) is 5.75 Å². The van der Waals surface area contributed by atoms with Crippen molar-refractivity contribution in [1.29, 1.82) is 0 Å². The summed E-state index contributed by atoms with van der Waals surface area (Å²) in [4.78, 5) is 26.3. The number of benzene rings is 2. The molecule has 10 heteroatoms. The fourth-order valence-electron chi connectivity index (χ4n) is 2.05. The van der Waals surface area contributed by atoms with Crippen LogP contribution < -0.4 is 5.43 Å². The SMILES string of the molecule is O=C(CSc1nc2ccccc2s1)N/N=C/c1cccc([N+](=O)[O-])c1O. The number of phenolic OH excluding ortho intramolecular Hbond substituents is 1. The van der Waals surface area contributed by atoms with Crippen LogP contribution in [0, 0.1) is 10.1 Å². The normalized spacial score (nSPS) is 11.1. The van der Waals surface area contributed by atoms with Crippen molar-refractivity contribution in [2.75, 3.05) is 5.75 Å². The van der Waals surface area contributed by atoms with Gasteiger partial charge in [-0.3, -0.25) is 14.9 Å². The van der Waals surface area contributed by atoms with E-state index >= 15 is 0 Å². The Labute approximate surface area is 155 Å². The lowest BCUT2D eigenvalue weighted by atomic mass is 10.2. The molecule has 0 aliphatic carbocycles. The first kappa shape index (κ1) is 17.8. The van der Waals surface area contributed by atoms with E-state index in [0.29, 0.717) is 0 Å². The van der Waals surface area contributed by atoms with Gasteiger partial charge >= 0.3 is 5.69 Å². The number of carbonyl (C=O) groups is 1. The molecule has 26 heavy (non-hydrogen) atoms. The first-order valence-electron chi connectivity index (χ1n) is 7.31. The Hall–Kier alpha value is -2.98. The molecule has 0 saturated heterocycles. The third kappa shape index (κ3) is 4.16. The number of para-hydroxylation sites is 2. The van der Waals surface area contributed by atoms with Gasteiger partial charge in [0.1, 0.15) is 0 Å². The summed E-state index contributed by atoms with van der Waals surface area (Å²) in [7, 11) is 0. The number of hydrazone groups is 1. The second-order valence-electron chi connectivity index (χ2n) is 5.00. The van der Waals surface area contributed by atoms with Gasteiger partial charge in [0.15, 0.2) is 4.34 Å². The minimum atomic E-state index is -0.695. The standard InChI is InChI=1S/C16H12N4O4S2/c21-14(9-25-16-18-11-5-1-2-7-13(11)26-16)19-17-8-10-4-3-6-12(15(10)22)20(23)24/h1-8,22H,9H2,(H,19,21)/b17-8+. The molecule has 2 N–H and O–H groups in total. The second kappa shape index (κ2) is 7.93. The van der Waals surface area contributed by atoms with E-state index in [-0.39, 0.29) is 17.2 Å². The Balaban J connectivity index is 1.56. The molecule has 3 rings (SSSR count). The Morgan fingerprint density at radius 2 is 2.15 bits per heavy atom. The van der Waals surface area contributed by atoms with E-state index in [9.17, 15) is 20.0 Å². The van der Waals surface area contributed by atoms with Gasteiger partial charge in [-0.25, -0.2) is 10.4 Å². The highest BCUT2D eigenvalue weighted by Crippen LogP contribution is 2.29. The van der Waals surface area contributed by atoms with E-state index in [4.69, 9.17) is 0 Å². The van der Waals surface area contributed by atoms with Crippen molar-refractivity contribution >= 4 is 51.1 Å². The molecular weight excluding hydrogens is 376 g/mol. The number of nitro groups is 1. The highest BCUT2D eigenvalue weighted by Gasteiger charge is 2.15. The molecule has 3 aromatic rings. The molecule has 0 bridgehead atoms. The number of thiazole rings is 1. The van der Waals surface area contributed by atoms with Crippen LogP contribution in [0.25, 0.3) is 10.2 Å². The average Bonchev–Trinajstić information content (AvgIpc) is 3.04. The van der Waals surface area contributed by atoms with Gasteiger partial charge in [-0.1, -0.05) is 30.0 Å². The van der Waals surface area contributed by atoms with E-state index in [1.165, 1.54) is 41.3 Å². The summed E-state index contributed by atoms with van der Waals surface area (Å²) < 4.78 is 1.83. The number of carbonyl (C=O) groups excluding carboxylic acids is 1. The third-order valence-electron chi connectivity index (χ3n) is 3.24. The Morgan fingerprint density at radius 3 is 2.92 bits per heavy atom. The summed E-state index contributed by atoms with van der Waals surface area (Å²) in [5, 5.41) is 24.3. The predicted molar refractivity (Wildman–Crippen MR) is 101 cm³/mol. The molecule has 1 aromatic heterocycles. The molecule has 8 nitrogen and oxygen atoms in total. The van der Waals surface area contributed by atoms with Crippen molar-refractivity contribution < 1.29 is 14.8 Å². The zero-order chi connectivity index (χ0) is 18.5. The molecule has 0 unspecified atom stereocenters. The number of phenols is 1. The van der Waals surface area contributed by atoms with E-state index in [1.807, 2.05) is 24.3 Å². The Kier molecular flexibility index (Phi) is 5.44. The summed E-state index contributed by atoms with van der Waals surface area (Å²) in [5.74, 6) is -0.729. The molecule has 0 fully saturated rings. The molecular formula is C16H12N4O4S2. The van der Waals surface area contributed by atoms with Crippen LogP contribution >= 0.6 is 23.1 Å². The minimum absolute atomic E-state index is 0.123. The minimum Gasteiger partial charge on any atom is -0.502 e. The number of fused-ring (bicyclic) bond motifs is 1. The monoisotopic (exact) mass is 388 g/mol. The maximum absolute atomic E-state index is 11.8. The summed E-state index contributed by atoms with van der Waals surface area (Å²) in [5.41, 5.74) is 2.92. The number of aromatic nitrogens is 1. The van der Waals surface area contributed by atoms with Gasteiger partial charge in [0.05, 0.1) is 27.1 Å². The molecule has 2 aromatic carbocycles. The van der Waals surface area contributed by atoms with Gasteiger partial charge < -0.3 is 5.11 Å². The van der Waals surface area contributed by atoms with Crippen LogP contribution in [0.4, 0.5) is 5.69 Å². The van der Waals surface area contributed by atoms with Crippen molar-refractivity contribution in [2.24, 2.45) is 5.10 Å². The lowest BCUT2D eigenvalue weighted by Crippen LogP contribution is -2.19. The summed E-state index contributed by atoms with van der Waals surface area (Å²) >= 11 is 2.80. The lowest BCUT2D eigenvalue weighted by Gasteiger charge is -2.00. The lowest BCUT2D eigenvalue weighted by molar-refractivity contribution is -0.385. The van der Waals surface area contributed by atoms with Crippen molar-refractivity contribution in [1.82, 2.24) is 10.4 Å². The summed E-state index contributed by atoms with van der Waals surface area (Å²) in [6.07, 6.45) is 1.16. The number of nitrogens with one attached hydrogen (secondary N) is 1. The van der Waals surface area contributed by atoms with Gasteiger partial charge in [0.2, 0.25) is 5.75 Å². The first-order valence-corrected chi connectivity index (χ1v) is 9.11. The van der Waals surface area contributed by atoms with Crippen molar-refractivity contribution in [3.05, 3.63) is 58.1 Å². The van der Waals surface area contributed by atoms with E-state index in [2.05, 4.69) is 15.5 Å². The van der Waals surface area contributed by atoms with Gasteiger partial charge in [0.25, 0.3) is 5.91 Å². The average molecular weight is 388 g/mol. The fourth-order valence-corrected chi connectivity index (χ4v) is 3.91. The number of thioether (sulfide) groups is 1. The van der Waals surface area contributed by atoms with Crippen LogP contribution in [0.1, 0.15) is 5.56 Å². The Bertz CT molecular complexity index is 970.